The predicted octanol–water partition coefficient (Wildman–Crippen LogP) is 1.00. The van der Waals surface area contributed by atoms with E-state index in [1.54, 1.807) is 19.4 Å². The van der Waals surface area contributed by atoms with E-state index in [0.717, 1.165) is 5.46 Å². The number of allylic oxidation sites excluding steroid dienone is 1. The molecule has 0 saturated heterocycles. The van der Waals surface area contributed by atoms with Gasteiger partial charge in [-0.1, -0.05) is 18.1 Å². The summed E-state index contributed by atoms with van der Waals surface area (Å²) in [6, 6.07) is 3.40. The molecule has 1 heterocycles. The summed E-state index contributed by atoms with van der Waals surface area (Å²) in [6.45, 7) is 3.39. The normalized spacial score (nSPS) is 9.40. The molecule has 1 rings (SSSR count). The molecule has 5 heteroatoms. The third kappa shape index (κ3) is 3.58. The van der Waals surface area contributed by atoms with E-state index < -0.39 is 0 Å². The summed E-state index contributed by atoms with van der Waals surface area (Å²) in [5.74, 6) is -0.0368. The van der Waals surface area contributed by atoms with E-state index in [9.17, 15) is 9.59 Å². The Balaban J connectivity index is 2.74. The molecule has 0 bridgehead atoms. The Bertz CT molecular complexity index is 406. The summed E-state index contributed by atoms with van der Waals surface area (Å²) in [7, 11) is 1.77. The third-order valence-corrected chi connectivity index (χ3v) is 2.63. The summed E-state index contributed by atoms with van der Waals surface area (Å²) >= 11 is 2.03. The first-order chi connectivity index (χ1) is 7.17. The van der Waals surface area contributed by atoms with Crippen molar-refractivity contribution in [1.29, 1.82) is 0 Å². The topological polar surface area (TPSA) is 47.0 Å². The molecule has 0 atom stereocenters. The molecule has 75 valence electrons. The lowest BCUT2D eigenvalue weighted by molar-refractivity contribution is -0.112. The molecule has 15 heavy (non-hydrogen) atoms. The number of pyridine rings is 1. The van der Waals surface area contributed by atoms with Crippen molar-refractivity contribution in [3.63, 3.8) is 0 Å². The first-order valence-electron chi connectivity index (χ1n) is 4.27. The van der Waals surface area contributed by atoms with Crippen molar-refractivity contribution in [3.8, 4) is 0 Å². The van der Waals surface area contributed by atoms with Gasteiger partial charge in [0.1, 0.15) is 11.5 Å². The van der Waals surface area contributed by atoms with Crippen molar-refractivity contribution in [2.24, 2.45) is 0 Å². The van der Waals surface area contributed by atoms with E-state index in [4.69, 9.17) is 0 Å². The highest BCUT2D eigenvalue weighted by atomic mass is 127. The van der Waals surface area contributed by atoms with E-state index in [0.29, 0.717) is 22.0 Å². The molecule has 0 aromatic carbocycles. The second kappa shape index (κ2) is 5.80. The van der Waals surface area contributed by atoms with Crippen LogP contribution >= 0.6 is 22.6 Å². The number of aldehydes is 1. The molecule has 0 amide bonds. The third-order valence-electron chi connectivity index (χ3n) is 1.77. The molecule has 0 aliphatic carbocycles. The molecule has 3 nitrogen and oxygen atoms in total. The summed E-state index contributed by atoms with van der Waals surface area (Å²) in [5.41, 5.74) is 1.25. The first kappa shape index (κ1) is 12.1. The van der Waals surface area contributed by atoms with Crippen LogP contribution < -0.4 is 5.46 Å². The van der Waals surface area contributed by atoms with Crippen LogP contribution in [0, 0.1) is 3.70 Å². The zero-order chi connectivity index (χ0) is 11.3. The molecule has 0 N–H and O–H groups in total. The largest absolute Gasteiger partial charge is 0.296 e. The maximum atomic E-state index is 11.0. The first-order valence-corrected chi connectivity index (χ1v) is 5.35. The van der Waals surface area contributed by atoms with Gasteiger partial charge < -0.3 is 0 Å². The van der Waals surface area contributed by atoms with Gasteiger partial charge in [-0.15, -0.1) is 0 Å². The lowest BCUT2D eigenvalue weighted by Crippen LogP contribution is -2.21. The van der Waals surface area contributed by atoms with E-state index >= 15 is 0 Å². The SMILES string of the molecule is C=CC(=O)C[B]c1ccc(C=O)nc1I. The van der Waals surface area contributed by atoms with Crippen molar-refractivity contribution < 1.29 is 9.59 Å². The van der Waals surface area contributed by atoms with Crippen molar-refractivity contribution in [1.82, 2.24) is 4.98 Å². The Morgan fingerprint density at radius 2 is 2.33 bits per heavy atom. The van der Waals surface area contributed by atoms with Crippen LogP contribution in [0.3, 0.4) is 0 Å². The van der Waals surface area contributed by atoms with Gasteiger partial charge in [0.25, 0.3) is 0 Å². The average Bonchev–Trinajstić information content (AvgIpc) is 2.26. The van der Waals surface area contributed by atoms with E-state index in [1.165, 1.54) is 6.08 Å². The fourth-order valence-electron chi connectivity index (χ4n) is 0.971. The number of rotatable bonds is 5. The van der Waals surface area contributed by atoms with Crippen molar-refractivity contribution in [2.75, 3.05) is 0 Å². The van der Waals surface area contributed by atoms with Gasteiger partial charge in [0.2, 0.25) is 0 Å². The minimum Gasteiger partial charge on any atom is -0.296 e. The number of nitrogens with zero attached hydrogens (tertiary/aromatic N) is 1. The zero-order valence-electron chi connectivity index (χ0n) is 7.94. The molecular weight excluding hydrogens is 304 g/mol. The number of ketones is 1. The Labute approximate surface area is 102 Å². The molecule has 1 aromatic heterocycles. The number of carbonyl (C=O) groups is 2. The highest BCUT2D eigenvalue weighted by Gasteiger charge is 2.06. The van der Waals surface area contributed by atoms with Gasteiger partial charge in [0.15, 0.2) is 13.6 Å². The average molecular weight is 312 g/mol. The van der Waals surface area contributed by atoms with Gasteiger partial charge in [-0.2, -0.15) is 0 Å². The maximum absolute atomic E-state index is 11.0. The van der Waals surface area contributed by atoms with Crippen LogP contribution in [-0.2, 0) is 4.79 Å². The van der Waals surface area contributed by atoms with Crippen LogP contribution in [0.5, 0.6) is 0 Å². The van der Waals surface area contributed by atoms with Gasteiger partial charge in [-0.05, 0) is 41.1 Å². The molecule has 1 radical (unpaired) electrons. The highest BCUT2D eigenvalue weighted by molar-refractivity contribution is 14.1. The second-order valence-electron chi connectivity index (χ2n) is 2.81. The molecular formula is C10H8BINO2. The highest BCUT2D eigenvalue weighted by Crippen LogP contribution is 1.99. The fraction of sp³-hybridized carbons (Fsp3) is 0.100. The minimum atomic E-state index is -0.0368. The van der Waals surface area contributed by atoms with E-state index in [2.05, 4.69) is 11.6 Å². The minimum absolute atomic E-state index is 0.0368. The van der Waals surface area contributed by atoms with Crippen molar-refractivity contribution in [2.45, 2.75) is 6.32 Å². The summed E-state index contributed by atoms with van der Waals surface area (Å²) in [4.78, 5) is 25.5. The lowest BCUT2D eigenvalue weighted by atomic mass is 9.67. The predicted molar refractivity (Wildman–Crippen MR) is 67.7 cm³/mol. The van der Waals surface area contributed by atoms with Crippen molar-refractivity contribution in [3.05, 3.63) is 34.2 Å². The quantitative estimate of drug-likeness (QED) is 0.268. The van der Waals surface area contributed by atoms with Crippen LogP contribution in [0.4, 0.5) is 0 Å². The van der Waals surface area contributed by atoms with Gasteiger partial charge in [0, 0.05) is 0 Å². The molecule has 0 aliphatic heterocycles. The monoisotopic (exact) mass is 312 g/mol. The van der Waals surface area contributed by atoms with Crippen LogP contribution in [0.1, 0.15) is 10.5 Å². The zero-order valence-corrected chi connectivity index (χ0v) is 10.1. The Morgan fingerprint density at radius 1 is 1.60 bits per heavy atom. The van der Waals surface area contributed by atoms with Gasteiger partial charge in [-0.25, -0.2) is 4.98 Å². The van der Waals surface area contributed by atoms with Crippen LogP contribution in [0.15, 0.2) is 24.8 Å². The molecule has 0 unspecified atom stereocenters. The van der Waals surface area contributed by atoms with Gasteiger partial charge in [-0.3, -0.25) is 9.59 Å². The molecule has 0 fully saturated rings. The van der Waals surface area contributed by atoms with E-state index in [-0.39, 0.29) is 5.78 Å². The number of hydrogen-bond donors (Lipinski definition) is 0. The summed E-state index contributed by atoms with van der Waals surface area (Å²) < 4.78 is 0.717. The summed E-state index contributed by atoms with van der Waals surface area (Å²) in [5, 5.41) is 0. The number of carbonyl (C=O) groups excluding carboxylic acids is 2. The fourth-order valence-corrected chi connectivity index (χ4v) is 1.65. The standard InChI is InChI=1S/C10H8BINO2/c1-2-8(15)5-11-9-4-3-7(6-14)13-10(9)12/h2-4,6H,1,5H2. The van der Waals surface area contributed by atoms with Crippen molar-refractivity contribution >= 4 is 47.4 Å². The second-order valence-corrected chi connectivity index (χ2v) is 3.83. The Morgan fingerprint density at radius 3 is 2.87 bits per heavy atom. The molecule has 1 aromatic rings. The molecule has 0 aliphatic rings. The Kier molecular flexibility index (Phi) is 4.67. The number of halogens is 1. The molecule has 0 spiro atoms. The summed E-state index contributed by atoms with van der Waals surface area (Å²) in [6.07, 6.45) is 2.29. The van der Waals surface area contributed by atoms with Crippen LogP contribution in [0.2, 0.25) is 6.32 Å². The van der Waals surface area contributed by atoms with E-state index in [1.807, 2.05) is 22.6 Å². The molecule has 0 saturated carbocycles. The number of hydrogen-bond acceptors (Lipinski definition) is 3. The lowest BCUT2D eigenvalue weighted by Gasteiger charge is -2.01. The Hall–Kier alpha value is -0.975. The maximum Gasteiger partial charge on any atom is 0.168 e. The van der Waals surface area contributed by atoms with Gasteiger partial charge in [0.05, 0.1) is 3.70 Å². The number of aromatic nitrogens is 1. The van der Waals surface area contributed by atoms with Gasteiger partial charge >= 0.3 is 0 Å². The van der Waals surface area contributed by atoms with Crippen LogP contribution in [0.25, 0.3) is 0 Å². The smallest absolute Gasteiger partial charge is 0.168 e. The van der Waals surface area contributed by atoms with Crippen LogP contribution in [-0.4, -0.2) is 24.3 Å².